The van der Waals surface area contributed by atoms with Crippen LogP contribution >= 0.6 is 23.5 Å². The van der Waals surface area contributed by atoms with Crippen molar-refractivity contribution in [1.82, 2.24) is 15.7 Å². The van der Waals surface area contributed by atoms with Gasteiger partial charge < -0.3 is 20.3 Å². The van der Waals surface area contributed by atoms with E-state index in [4.69, 9.17) is 9.57 Å². The summed E-state index contributed by atoms with van der Waals surface area (Å²) < 4.78 is 5.44. The number of rotatable bonds is 11. The van der Waals surface area contributed by atoms with Gasteiger partial charge in [0.1, 0.15) is 12.1 Å². The molecule has 41 heavy (non-hydrogen) atoms. The molecule has 2 heterocycles. The fourth-order valence-corrected chi connectivity index (χ4v) is 7.43. The first kappa shape index (κ1) is 31.8. The number of hydrogen-bond donors (Lipinski definition) is 2. The highest BCUT2D eigenvalue weighted by Gasteiger charge is 2.40. The van der Waals surface area contributed by atoms with Gasteiger partial charge in [-0.15, -0.1) is 0 Å². The van der Waals surface area contributed by atoms with Gasteiger partial charge in [-0.2, -0.15) is 11.8 Å². The largest absolute Gasteiger partial charge is 0.378 e. The molecule has 2 amide bonds. The van der Waals surface area contributed by atoms with Gasteiger partial charge >= 0.3 is 0 Å². The first-order valence-corrected chi connectivity index (χ1v) is 16.8. The molecule has 11 heteroatoms. The summed E-state index contributed by atoms with van der Waals surface area (Å²) in [7, 11) is 0. The summed E-state index contributed by atoms with van der Waals surface area (Å²) in [6.45, 7) is 9.16. The summed E-state index contributed by atoms with van der Waals surface area (Å²) in [5.74, 6) is 3.83. The quantitative estimate of drug-likeness (QED) is 0.366. The Morgan fingerprint density at radius 1 is 1.15 bits per heavy atom. The van der Waals surface area contributed by atoms with Gasteiger partial charge in [-0.05, 0) is 63.0 Å². The van der Waals surface area contributed by atoms with Crippen LogP contribution in [0.4, 0.5) is 5.69 Å². The van der Waals surface area contributed by atoms with Crippen molar-refractivity contribution in [2.75, 3.05) is 48.5 Å². The Hall–Kier alpha value is -2.17. The molecule has 2 saturated heterocycles. The molecule has 1 aromatic rings. The molecule has 2 aliphatic heterocycles. The number of ether oxygens (including phenoxy) is 1. The first-order valence-electron chi connectivity index (χ1n) is 14.7. The van der Waals surface area contributed by atoms with Crippen molar-refractivity contribution >= 4 is 47.0 Å². The van der Waals surface area contributed by atoms with Gasteiger partial charge in [0, 0.05) is 36.8 Å². The Bertz CT molecular complexity index is 1060. The summed E-state index contributed by atoms with van der Waals surface area (Å²) in [4.78, 5) is 46.6. The fraction of sp³-hybridized carbons (Fsp3) is 0.667. The molecule has 2 atom stereocenters. The lowest BCUT2D eigenvalue weighted by molar-refractivity contribution is -0.214. The SMILES string of the molecule is CC(C)(C)ON1C(=C=O)SC[C@H]1C(=O)N[C@@H](CSCC1CCCCC1)C(=O)NCc1ccc(N2CCOCC2)cc1. The lowest BCUT2D eigenvalue weighted by atomic mass is 9.91. The van der Waals surface area contributed by atoms with E-state index in [1.54, 1.807) is 11.8 Å². The van der Waals surface area contributed by atoms with E-state index in [0.29, 0.717) is 24.0 Å². The molecule has 0 bridgehead atoms. The van der Waals surface area contributed by atoms with Crippen LogP contribution in [0, 0.1) is 5.92 Å². The highest BCUT2D eigenvalue weighted by atomic mass is 32.2. The molecule has 1 aliphatic carbocycles. The molecule has 226 valence electrons. The third kappa shape index (κ3) is 9.68. The van der Waals surface area contributed by atoms with E-state index in [1.165, 1.54) is 48.9 Å². The number of carbonyl (C=O) groups excluding carboxylic acids is 3. The second-order valence-electron chi connectivity index (χ2n) is 11.8. The fourth-order valence-electron chi connectivity index (χ4n) is 5.20. The molecule has 1 saturated carbocycles. The number of morpholine rings is 1. The number of carbonyl (C=O) groups is 2. The van der Waals surface area contributed by atoms with Gasteiger partial charge in [-0.25, -0.2) is 9.86 Å². The summed E-state index contributed by atoms with van der Waals surface area (Å²) >= 11 is 2.96. The summed E-state index contributed by atoms with van der Waals surface area (Å²) in [6.07, 6.45) is 6.31. The van der Waals surface area contributed by atoms with Crippen LogP contribution in [0.25, 0.3) is 0 Å². The average molecular weight is 605 g/mol. The van der Waals surface area contributed by atoms with Crippen molar-refractivity contribution in [2.24, 2.45) is 5.92 Å². The van der Waals surface area contributed by atoms with E-state index in [-0.39, 0.29) is 16.8 Å². The molecule has 0 unspecified atom stereocenters. The Balaban J connectivity index is 1.37. The summed E-state index contributed by atoms with van der Waals surface area (Å²) in [6, 6.07) is 6.79. The van der Waals surface area contributed by atoms with Crippen molar-refractivity contribution in [1.29, 1.82) is 0 Å². The van der Waals surface area contributed by atoms with Crippen molar-refractivity contribution < 1.29 is 24.0 Å². The van der Waals surface area contributed by atoms with Crippen molar-refractivity contribution in [3.05, 3.63) is 34.9 Å². The van der Waals surface area contributed by atoms with Crippen LogP contribution in [0.5, 0.6) is 0 Å². The smallest absolute Gasteiger partial charge is 0.246 e. The number of hydroxylamine groups is 2. The lowest BCUT2D eigenvalue weighted by Gasteiger charge is -2.31. The molecule has 0 spiro atoms. The van der Waals surface area contributed by atoms with E-state index in [2.05, 4.69) is 27.7 Å². The van der Waals surface area contributed by atoms with Gasteiger partial charge in [0.25, 0.3) is 0 Å². The number of hydrogen-bond acceptors (Lipinski definition) is 9. The summed E-state index contributed by atoms with van der Waals surface area (Å²) in [5.41, 5.74) is 1.54. The van der Waals surface area contributed by atoms with Crippen LogP contribution in [0.1, 0.15) is 58.4 Å². The number of thioether (sulfide) groups is 2. The number of nitrogens with zero attached hydrogens (tertiary/aromatic N) is 2. The molecule has 0 radical (unpaired) electrons. The number of benzene rings is 1. The van der Waals surface area contributed by atoms with Crippen LogP contribution in [-0.4, -0.2) is 84.1 Å². The second-order valence-corrected chi connectivity index (χ2v) is 13.9. The predicted octanol–water partition coefficient (Wildman–Crippen LogP) is 3.76. The van der Waals surface area contributed by atoms with Crippen LogP contribution in [-0.2, 0) is 30.5 Å². The molecule has 3 fully saturated rings. The Kier molecular flexibility index (Phi) is 11.9. The van der Waals surface area contributed by atoms with E-state index >= 15 is 0 Å². The number of anilines is 1. The van der Waals surface area contributed by atoms with E-state index in [0.717, 1.165) is 43.3 Å². The van der Waals surface area contributed by atoms with Gasteiger partial charge in [-0.3, -0.25) is 14.4 Å². The Labute approximate surface area is 252 Å². The van der Waals surface area contributed by atoms with Crippen LogP contribution in [0.3, 0.4) is 0 Å². The van der Waals surface area contributed by atoms with Crippen LogP contribution in [0.2, 0.25) is 0 Å². The zero-order valence-corrected chi connectivity index (χ0v) is 26.1. The molecule has 3 aliphatic rings. The molecule has 2 N–H and O–H groups in total. The lowest BCUT2D eigenvalue weighted by Crippen LogP contribution is -2.54. The van der Waals surface area contributed by atoms with Crippen LogP contribution < -0.4 is 15.5 Å². The second kappa shape index (κ2) is 15.3. The zero-order valence-electron chi connectivity index (χ0n) is 24.5. The molecule has 1 aromatic carbocycles. The van der Waals surface area contributed by atoms with Crippen molar-refractivity contribution in [3.63, 3.8) is 0 Å². The number of nitrogens with one attached hydrogen (secondary N) is 2. The Morgan fingerprint density at radius 3 is 2.51 bits per heavy atom. The average Bonchev–Trinajstić information content (AvgIpc) is 3.37. The normalized spacial score (nSPS) is 21.0. The van der Waals surface area contributed by atoms with E-state index in [9.17, 15) is 14.4 Å². The molecule has 0 aromatic heterocycles. The highest BCUT2D eigenvalue weighted by Crippen LogP contribution is 2.33. The van der Waals surface area contributed by atoms with Crippen LogP contribution in [0.15, 0.2) is 29.3 Å². The third-order valence-electron chi connectivity index (χ3n) is 7.40. The topological polar surface area (TPSA) is 100 Å². The molecular weight excluding hydrogens is 560 g/mol. The highest BCUT2D eigenvalue weighted by molar-refractivity contribution is 8.03. The van der Waals surface area contributed by atoms with Gasteiger partial charge in [-0.1, -0.05) is 43.2 Å². The van der Waals surface area contributed by atoms with Crippen molar-refractivity contribution in [3.8, 4) is 0 Å². The monoisotopic (exact) mass is 604 g/mol. The minimum Gasteiger partial charge on any atom is -0.378 e. The zero-order chi connectivity index (χ0) is 29.2. The van der Waals surface area contributed by atoms with Gasteiger partial charge in [0.15, 0.2) is 11.0 Å². The van der Waals surface area contributed by atoms with E-state index in [1.807, 2.05) is 38.8 Å². The third-order valence-corrected chi connectivity index (χ3v) is 9.69. The van der Waals surface area contributed by atoms with Gasteiger partial charge in [0.05, 0.1) is 18.8 Å². The maximum Gasteiger partial charge on any atom is 0.246 e. The number of amides is 2. The van der Waals surface area contributed by atoms with Crippen molar-refractivity contribution in [2.45, 2.75) is 77.1 Å². The standard InChI is InChI=1S/C30H44N4O5S2/c1-30(2,3)39-34-26(21-41-27(34)18-35)29(37)32-25(20-40-19-23-7-5-4-6-8-23)28(36)31-17-22-9-11-24(12-10-22)33-13-15-38-16-14-33/h9-12,23,25-26H,4-8,13-17,19-21H2,1-3H3,(H,31,36)(H,32,37)/t25-,26-/m0/s1. The Morgan fingerprint density at radius 2 is 1.85 bits per heavy atom. The summed E-state index contributed by atoms with van der Waals surface area (Å²) in [5, 5.41) is 7.61. The van der Waals surface area contributed by atoms with Gasteiger partial charge in [0.2, 0.25) is 11.8 Å². The molecule has 4 rings (SSSR count). The van der Waals surface area contributed by atoms with E-state index < -0.39 is 17.7 Å². The maximum absolute atomic E-state index is 13.5. The maximum atomic E-state index is 13.5. The predicted molar refractivity (Wildman–Crippen MR) is 165 cm³/mol. The first-order chi connectivity index (χ1) is 19.7. The minimum absolute atomic E-state index is 0.216. The minimum atomic E-state index is -0.720. The molecule has 9 nitrogen and oxygen atoms in total. The molecular formula is C30H44N4O5S2.